The molecule has 0 spiro atoms. The van der Waals surface area contributed by atoms with Crippen molar-refractivity contribution in [2.45, 2.75) is 25.8 Å². The number of amides is 1. The van der Waals surface area contributed by atoms with Gasteiger partial charge in [0, 0.05) is 6.42 Å². The summed E-state index contributed by atoms with van der Waals surface area (Å²) in [7, 11) is 0. The van der Waals surface area contributed by atoms with Crippen LogP contribution in [0, 0.1) is 0 Å². The predicted molar refractivity (Wildman–Crippen MR) is 44.6 cm³/mol. The van der Waals surface area contributed by atoms with Gasteiger partial charge in [0.25, 0.3) is 0 Å². The Morgan fingerprint density at radius 2 is 2.23 bits per heavy atom. The minimum atomic E-state index is -1.11. The molecular weight excluding hydrogens is 176 g/mol. The molecule has 0 saturated carbocycles. The zero-order valence-corrected chi connectivity index (χ0v) is 7.45. The summed E-state index contributed by atoms with van der Waals surface area (Å²) in [6, 6.07) is -0.993. The van der Waals surface area contributed by atoms with Crippen LogP contribution < -0.4 is 11.2 Å². The molecule has 0 rings (SSSR count). The highest BCUT2D eigenvalue weighted by Crippen LogP contribution is 1.94. The lowest BCUT2D eigenvalue weighted by atomic mass is 10.2. The number of carboxylic acids is 1. The quantitative estimate of drug-likeness (QED) is 0.478. The third-order valence-corrected chi connectivity index (χ3v) is 1.33. The summed E-state index contributed by atoms with van der Waals surface area (Å²) in [5.41, 5.74) is 7.31. The second kappa shape index (κ2) is 6.38. The molecule has 0 aromatic carbocycles. The lowest BCUT2D eigenvalue weighted by Crippen LogP contribution is -2.32. The summed E-state index contributed by atoms with van der Waals surface area (Å²) < 4.78 is 0. The topological polar surface area (TPSA) is 102 Å². The van der Waals surface area contributed by atoms with Crippen LogP contribution in [-0.2, 0) is 14.4 Å². The molecule has 0 radical (unpaired) electrons. The van der Waals surface area contributed by atoms with Gasteiger partial charge in [-0.3, -0.25) is 14.4 Å². The fourth-order valence-corrected chi connectivity index (χ4v) is 0.614. The number of hydrogen-bond donors (Lipinski definition) is 3. The highest BCUT2D eigenvalue weighted by atomic mass is 16.6. The van der Waals surface area contributed by atoms with Crippen LogP contribution in [-0.4, -0.2) is 29.6 Å². The monoisotopic (exact) mass is 190 g/mol. The van der Waals surface area contributed by atoms with Gasteiger partial charge in [-0.2, -0.15) is 0 Å². The standard InChI is InChI=1S/C7H14N2O4/c1-2-13-9-6(10)4-3-5(8)7(11)12/h5H,2-4,8H2,1H3,(H,9,10)(H,11,12)/t5-/m0/s1. The van der Waals surface area contributed by atoms with E-state index in [0.717, 1.165) is 0 Å². The van der Waals surface area contributed by atoms with E-state index in [-0.39, 0.29) is 18.7 Å². The van der Waals surface area contributed by atoms with E-state index in [1.54, 1.807) is 6.92 Å². The first-order valence-corrected chi connectivity index (χ1v) is 3.97. The normalized spacial score (nSPS) is 12.2. The molecule has 6 nitrogen and oxygen atoms in total. The number of nitrogens with two attached hydrogens (primary N) is 1. The molecule has 0 aliphatic heterocycles. The van der Waals surface area contributed by atoms with Gasteiger partial charge in [-0.1, -0.05) is 0 Å². The lowest BCUT2D eigenvalue weighted by molar-refractivity contribution is -0.139. The largest absolute Gasteiger partial charge is 0.480 e. The van der Waals surface area contributed by atoms with E-state index in [4.69, 9.17) is 10.8 Å². The van der Waals surface area contributed by atoms with E-state index in [1.165, 1.54) is 0 Å². The summed E-state index contributed by atoms with van der Waals surface area (Å²) in [4.78, 5) is 25.7. The average Bonchev–Trinajstić information content (AvgIpc) is 2.10. The van der Waals surface area contributed by atoms with Gasteiger partial charge >= 0.3 is 5.97 Å². The van der Waals surface area contributed by atoms with Crippen LogP contribution >= 0.6 is 0 Å². The van der Waals surface area contributed by atoms with E-state index in [9.17, 15) is 9.59 Å². The number of aliphatic carboxylic acids is 1. The number of carbonyl (C=O) groups excluding carboxylic acids is 1. The fourth-order valence-electron chi connectivity index (χ4n) is 0.614. The second-order valence-corrected chi connectivity index (χ2v) is 2.44. The van der Waals surface area contributed by atoms with Crippen LogP contribution in [0.3, 0.4) is 0 Å². The van der Waals surface area contributed by atoms with Gasteiger partial charge in [0.2, 0.25) is 5.91 Å². The number of nitrogens with one attached hydrogen (secondary N) is 1. The number of rotatable bonds is 6. The lowest BCUT2D eigenvalue weighted by Gasteiger charge is -2.06. The average molecular weight is 190 g/mol. The minimum absolute atomic E-state index is 0.0491. The molecule has 0 aliphatic carbocycles. The van der Waals surface area contributed by atoms with E-state index in [1.807, 2.05) is 0 Å². The second-order valence-electron chi connectivity index (χ2n) is 2.44. The summed E-state index contributed by atoms with van der Waals surface area (Å²) in [6.45, 7) is 2.10. The molecule has 0 heterocycles. The van der Waals surface area contributed by atoms with Crippen molar-refractivity contribution in [3.8, 4) is 0 Å². The van der Waals surface area contributed by atoms with Crippen LogP contribution in [0.4, 0.5) is 0 Å². The van der Waals surface area contributed by atoms with Crippen molar-refractivity contribution in [2.24, 2.45) is 5.73 Å². The molecule has 76 valence electrons. The van der Waals surface area contributed by atoms with E-state index in [0.29, 0.717) is 6.61 Å². The van der Waals surface area contributed by atoms with Crippen LogP contribution in [0.5, 0.6) is 0 Å². The van der Waals surface area contributed by atoms with Crippen molar-refractivity contribution in [1.82, 2.24) is 5.48 Å². The van der Waals surface area contributed by atoms with Crippen molar-refractivity contribution in [3.05, 3.63) is 0 Å². The Bertz CT molecular complexity index is 183. The molecule has 0 saturated heterocycles. The fraction of sp³-hybridized carbons (Fsp3) is 0.714. The first kappa shape index (κ1) is 11.9. The smallest absolute Gasteiger partial charge is 0.320 e. The van der Waals surface area contributed by atoms with Gasteiger partial charge in [-0.25, -0.2) is 5.48 Å². The van der Waals surface area contributed by atoms with Crippen molar-refractivity contribution in [3.63, 3.8) is 0 Å². The van der Waals surface area contributed by atoms with Crippen molar-refractivity contribution in [2.75, 3.05) is 6.61 Å². The predicted octanol–water partition coefficient (Wildman–Crippen LogP) is -0.754. The van der Waals surface area contributed by atoms with Crippen molar-refractivity contribution >= 4 is 11.9 Å². The van der Waals surface area contributed by atoms with Gasteiger partial charge in [0.15, 0.2) is 0 Å². The molecule has 0 unspecified atom stereocenters. The Labute approximate surface area is 76.0 Å². The molecule has 0 bridgehead atoms. The van der Waals surface area contributed by atoms with Crippen LogP contribution in [0.15, 0.2) is 0 Å². The Kier molecular flexibility index (Phi) is 5.82. The molecule has 0 fully saturated rings. The summed E-state index contributed by atoms with van der Waals surface area (Å²) >= 11 is 0. The van der Waals surface area contributed by atoms with Crippen LogP contribution in [0.25, 0.3) is 0 Å². The van der Waals surface area contributed by atoms with Gasteiger partial charge in [0.1, 0.15) is 6.04 Å². The van der Waals surface area contributed by atoms with Crippen molar-refractivity contribution in [1.29, 1.82) is 0 Å². The molecule has 1 amide bonds. The minimum Gasteiger partial charge on any atom is -0.480 e. The van der Waals surface area contributed by atoms with Gasteiger partial charge in [-0.05, 0) is 13.3 Å². The molecule has 13 heavy (non-hydrogen) atoms. The maximum absolute atomic E-state index is 10.8. The van der Waals surface area contributed by atoms with E-state index < -0.39 is 12.0 Å². The Hall–Kier alpha value is -1.14. The summed E-state index contributed by atoms with van der Waals surface area (Å²) in [5.74, 6) is -1.47. The highest BCUT2D eigenvalue weighted by molar-refractivity contribution is 5.77. The van der Waals surface area contributed by atoms with E-state index in [2.05, 4.69) is 10.3 Å². The highest BCUT2D eigenvalue weighted by Gasteiger charge is 2.12. The molecule has 4 N–H and O–H groups in total. The zero-order valence-electron chi connectivity index (χ0n) is 7.45. The first-order chi connectivity index (χ1) is 6.07. The van der Waals surface area contributed by atoms with Gasteiger partial charge in [0.05, 0.1) is 6.61 Å². The van der Waals surface area contributed by atoms with Gasteiger partial charge < -0.3 is 10.8 Å². The first-order valence-electron chi connectivity index (χ1n) is 3.97. The number of hydrogen-bond acceptors (Lipinski definition) is 4. The maximum Gasteiger partial charge on any atom is 0.320 e. The van der Waals surface area contributed by atoms with Gasteiger partial charge in [-0.15, -0.1) is 0 Å². The molecule has 0 aromatic heterocycles. The third-order valence-electron chi connectivity index (χ3n) is 1.33. The summed E-state index contributed by atoms with van der Waals surface area (Å²) in [5, 5.41) is 8.38. The third kappa shape index (κ3) is 6.06. The number of carbonyl (C=O) groups is 2. The summed E-state index contributed by atoms with van der Waals surface area (Å²) in [6.07, 6.45) is 0.154. The van der Waals surface area contributed by atoms with Crippen molar-refractivity contribution < 1.29 is 19.5 Å². The molecule has 0 aromatic rings. The van der Waals surface area contributed by atoms with E-state index >= 15 is 0 Å². The van der Waals surface area contributed by atoms with Crippen LogP contribution in [0.2, 0.25) is 0 Å². The molecular formula is C7H14N2O4. The molecule has 1 atom stereocenters. The van der Waals surface area contributed by atoms with Crippen LogP contribution in [0.1, 0.15) is 19.8 Å². The number of hydroxylamine groups is 1. The molecule has 0 aliphatic rings. The Morgan fingerprint density at radius 3 is 2.69 bits per heavy atom. The Morgan fingerprint density at radius 1 is 1.62 bits per heavy atom. The maximum atomic E-state index is 10.8. The Balaban J connectivity index is 3.52. The molecule has 6 heteroatoms. The SMILES string of the molecule is CCONC(=O)CC[C@H](N)C(=O)O. The number of carboxylic acid groups (broad SMARTS) is 1. The zero-order chi connectivity index (χ0) is 10.3.